The lowest BCUT2D eigenvalue weighted by atomic mass is 10.2. The monoisotopic (exact) mass is 299 g/mol. The highest BCUT2D eigenvalue weighted by atomic mass is 16.6. The van der Waals surface area contributed by atoms with Gasteiger partial charge in [-0.05, 0) is 35.9 Å². The molecule has 2 N–H and O–H groups in total. The summed E-state index contributed by atoms with van der Waals surface area (Å²) >= 11 is 0. The number of benzene rings is 2. The molecular weight excluding hydrogens is 286 g/mol. The Morgan fingerprint density at radius 3 is 2.64 bits per heavy atom. The van der Waals surface area contributed by atoms with Gasteiger partial charge in [0.15, 0.2) is 6.61 Å². The number of hydrogen-bond acceptors (Lipinski definition) is 5. The average molecular weight is 299 g/mol. The summed E-state index contributed by atoms with van der Waals surface area (Å²) in [6, 6.07) is 12.9. The SMILES string of the molecule is NC(=O)COc1ccc(C=Nc2cccc([N+](=O)[O-])c2)cc1. The number of nitro benzene ring substituents is 1. The van der Waals surface area contributed by atoms with Crippen LogP contribution in [0.15, 0.2) is 53.5 Å². The Labute approximate surface area is 126 Å². The van der Waals surface area contributed by atoms with Crippen molar-refractivity contribution in [3.05, 3.63) is 64.2 Å². The molecule has 0 fully saturated rings. The second kappa shape index (κ2) is 6.98. The van der Waals surface area contributed by atoms with Gasteiger partial charge in [0.05, 0.1) is 10.6 Å². The molecule has 0 bridgehead atoms. The minimum atomic E-state index is -0.545. The van der Waals surface area contributed by atoms with Crippen molar-refractivity contribution in [1.29, 1.82) is 0 Å². The molecule has 0 aliphatic heterocycles. The van der Waals surface area contributed by atoms with Crippen molar-refractivity contribution in [2.45, 2.75) is 0 Å². The fourth-order valence-corrected chi connectivity index (χ4v) is 1.64. The lowest BCUT2D eigenvalue weighted by Gasteiger charge is -2.03. The molecule has 22 heavy (non-hydrogen) atoms. The van der Waals surface area contributed by atoms with Crippen LogP contribution in [0.3, 0.4) is 0 Å². The molecule has 2 rings (SSSR count). The van der Waals surface area contributed by atoms with Gasteiger partial charge in [-0.2, -0.15) is 0 Å². The highest BCUT2D eigenvalue weighted by molar-refractivity contribution is 5.82. The number of carbonyl (C=O) groups excluding carboxylic acids is 1. The van der Waals surface area contributed by atoms with Gasteiger partial charge in [0, 0.05) is 18.3 Å². The van der Waals surface area contributed by atoms with Crippen molar-refractivity contribution in [1.82, 2.24) is 0 Å². The molecule has 0 unspecified atom stereocenters. The van der Waals surface area contributed by atoms with Crippen molar-refractivity contribution < 1.29 is 14.5 Å². The molecule has 7 heteroatoms. The van der Waals surface area contributed by atoms with Crippen molar-refractivity contribution in [3.8, 4) is 5.75 Å². The second-order valence-corrected chi connectivity index (χ2v) is 4.36. The number of hydrogen-bond donors (Lipinski definition) is 1. The van der Waals surface area contributed by atoms with Gasteiger partial charge in [0.2, 0.25) is 0 Å². The first-order valence-corrected chi connectivity index (χ1v) is 6.34. The van der Waals surface area contributed by atoms with Crippen molar-refractivity contribution in [3.63, 3.8) is 0 Å². The zero-order valence-electron chi connectivity index (χ0n) is 11.5. The Morgan fingerprint density at radius 1 is 1.27 bits per heavy atom. The molecule has 0 heterocycles. The van der Waals surface area contributed by atoms with E-state index >= 15 is 0 Å². The van der Waals surface area contributed by atoms with Gasteiger partial charge in [0.25, 0.3) is 11.6 Å². The molecule has 0 aromatic heterocycles. The molecular formula is C15H13N3O4. The smallest absolute Gasteiger partial charge is 0.271 e. The molecule has 7 nitrogen and oxygen atoms in total. The van der Waals surface area contributed by atoms with Gasteiger partial charge >= 0.3 is 0 Å². The Kier molecular flexibility index (Phi) is 4.81. The van der Waals surface area contributed by atoms with Crippen LogP contribution in [0.2, 0.25) is 0 Å². The van der Waals surface area contributed by atoms with Crippen molar-refractivity contribution >= 4 is 23.5 Å². The lowest BCUT2D eigenvalue weighted by Crippen LogP contribution is -2.19. The Bertz CT molecular complexity index is 711. The predicted molar refractivity (Wildman–Crippen MR) is 81.5 cm³/mol. The van der Waals surface area contributed by atoms with Crippen molar-refractivity contribution in [2.24, 2.45) is 10.7 Å². The molecule has 2 aromatic carbocycles. The van der Waals surface area contributed by atoms with E-state index in [9.17, 15) is 14.9 Å². The molecule has 0 radical (unpaired) electrons. The summed E-state index contributed by atoms with van der Waals surface area (Å²) < 4.78 is 5.13. The van der Waals surface area contributed by atoms with Crippen LogP contribution in [0.1, 0.15) is 5.56 Å². The number of amides is 1. The Balaban J connectivity index is 2.05. The van der Waals surface area contributed by atoms with Crippen LogP contribution in [0.5, 0.6) is 5.75 Å². The maximum absolute atomic E-state index is 10.7. The van der Waals surface area contributed by atoms with Crippen molar-refractivity contribution in [2.75, 3.05) is 6.61 Å². The van der Waals surface area contributed by atoms with E-state index in [4.69, 9.17) is 10.5 Å². The number of nitro groups is 1. The van der Waals surface area contributed by atoms with Crippen LogP contribution >= 0.6 is 0 Å². The number of non-ortho nitro benzene ring substituents is 1. The zero-order valence-corrected chi connectivity index (χ0v) is 11.5. The van der Waals surface area contributed by atoms with Gasteiger partial charge in [0.1, 0.15) is 5.75 Å². The summed E-state index contributed by atoms with van der Waals surface area (Å²) in [7, 11) is 0. The third-order valence-corrected chi connectivity index (χ3v) is 2.66. The fraction of sp³-hybridized carbons (Fsp3) is 0.0667. The first-order chi connectivity index (χ1) is 10.5. The summed E-state index contributed by atoms with van der Waals surface area (Å²) in [5.74, 6) is -0.0254. The van der Waals surface area contributed by atoms with E-state index in [1.54, 1.807) is 42.6 Å². The van der Waals surface area contributed by atoms with Crippen LogP contribution in [-0.2, 0) is 4.79 Å². The van der Waals surface area contributed by atoms with E-state index in [2.05, 4.69) is 4.99 Å². The van der Waals surface area contributed by atoms with Gasteiger partial charge in [-0.3, -0.25) is 19.9 Å². The third-order valence-electron chi connectivity index (χ3n) is 2.66. The fourth-order valence-electron chi connectivity index (χ4n) is 1.64. The minimum absolute atomic E-state index is 0.00940. The molecule has 2 aromatic rings. The number of primary amides is 1. The highest BCUT2D eigenvalue weighted by Gasteiger charge is 2.04. The predicted octanol–water partition coefficient (Wildman–Crippen LogP) is 2.21. The van der Waals surface area contributed by atoms with Gasteiger partial charge in [-0.15, -0.1) is 0 Å². The first-order valence-electron chi connectivity index (χ1n) is 6.34. The average Bonchev–Trinajstić information content (AvgIpc) is 2.52. The molecule has 0 saturated carbocycles. The zero-order chi connectivity index (χ0) is 15.9. The molecule has 0 saturated heterocycles. The minimum Gasteiger partial charge on any atom is -0.484 e. The summed E-state index contributed by atoms with van der Waals surface area (Å²) in [4.78, 5) is 25.0. The normalized spacial score (nSPS) is 10.5. The van der Waals surface area contributed by atoms with Crippen LogP contribution in [-0.4, -0.2) is 23.7 Å². The van der Waals surface area contributed by atoms with E-state index in [-0.39, 0.29) is 12.3 Å². The number of nitrogens with zero attached hydrogens (tertiary/aromatic N) is 2. The van der Waals surface area contributed by atoms with Crippen LogP contribution in [0.25, 0.3) is 0 Å². The number of carbonyl (C=O) groups is 1. The molecule has 112 valence electrons. The molecule has 0 aliphatic carbocycles. The Hall–Kier alpha value is -3.22. The van der Waals surface area contributed by atoms with Crippen LogP contribution < -0.4 is 10.5 Å². The van der Waals surface area contributed by atoms with E-state index in [0.29, 0.717) is 11.4 Å². The summed E-state index contributed by atoms with van der Waals surface area (Å²) in [5, 5.41) is 10.7. The Morgan fingerprint density at radius 2 is 2.00 bits per heavy atom. The molecule has 0 aliphatic rings. The number of ether oxygens (including phenoxy) is 1. The van der Waals surface area contributed by atoms with Gasteiger partial charge in [-0.1, -0.05) is 6.07 Å². The quantitative estimate of drug-likeness (QED) is 0.501. The topological polar surface area (TPSA) is 108 Å². The summed E-state index contributed by atoms with van der Waals surface area (Å²) in [6.45, 7) is -0.179. The van der Waals surface area contributed by atoms with E-state index in [1.165, 1.54) is 12.1 Å². The van der Waals surface area contributed by atoms with Crippen LogP contribution in [0.4, 0.5) is 11.4 Å². The van der Waals surface area contributed by atoms with E-state index in [0.717, 1.165) is 5.56 Å². The maximum Gasteiger partial charge on any atom is 0.271 e. The lowest BCUT2D eigenvalue weighted by molar-refractivity contribution is -0.384. The highest BCUT2D eigenvalue weighted by Crippen LogP contribution is 2.19. The maximum atomic E-state index is 10.7. The van der Waals surface area contributed by atoms with E-state index < -0.39 is 10.8 Å². The van der Waals surface area contributed by atoms with Crippen LogP contribution in [0, 0.1) is 10.1 Å². The summed E-state index contributed by atoms with van der Waals surface area (Å²) in [5.41, 5.74) is 6.25. The van der Waals surface area contributed by atoms with Gasteiger partial charge < -0.3 is 10.5 Å². The molecule has 1 amide bonds. The number of rotatable bonds is 6. The second-order valence-electron chi connectivity index (χ2n) is 4.36. The number of aliphatic imine (C=N–C) groups is 1. The summed E-state index contributed by atoms with van der Waals surface area (Å²) in [6.07, 6.45) is 1.58. The molecule has 0 spiro atoms. The number of nitrogens with two attached hydrogens (primary N) is 1. The molecule has 0 atom stereocenters. The first kappa shape index (κ1) is 15.2. The third kappa shape index (κ3) is 4.41. The van der Waals surface area contributed by atoms with Gasteiger partial charge in [-0.25, -0.2) is 0 Å². The largest absolute Gasteiger partial charge is 0.484 e. The van der Waals surface area contributed by atoms with E-state index in [1.807, 2.05) is 0 Å². The standard InChI is InChI=1S/C15H13N3O4/c16-15(19)10-22-14-6-4-11(5-7-14)9-17-12-2-1-3-13(8-12)18(20)21/h1-9H,10H2,(H2,16,19).